The Morgan fingerprint density at radius 2 is 2.00 bits per heavy atom. The Balaban J connectivity index is 3.33. The van der Waals surface area contributed by atoms with Gasteiger partial charge in [0.05, 0.1) is 9.82 Å². The van der Waals surface area contributed by atoms with E-state index in [1.807, 2.05) is 0 Å². The third-order valence-electron chi connectivity index (χ3n) is 3.28. The molecule has 0 aromatic heterocycles. The minimum Gasteiger partial charge on any atom is -0.480 e. The van der Waals surface area contributed by atoms with Gasteiger partial charge in [-0.15, -0.1) is 0 Å². The summed E-state index contributed by atoms with van der Waals surface area (Å²) in [6, 6.07) is 0.943. The van der Waals surface area contributed by atoms with Crippen molar-refractivity contribution in [2.24, 2.45) is 0 Å². The van der Waals surface area contributed by atoms with Gasteiger partial charge in [-0.3, -0.25) is 14.9 Å². The second-order valence-electron chi connectivity index (χ2n) is 4.94. The molecule has 0 fully saturated rings. The minimum absolute atomic E-state index is 0.127. The summed E-state index contributed by atoms with van der Waals surface area (Å²) in [5, 5.41) is 19.9. The Morgan fingerprint density at radius 3 is 2.45 bits per heavy atom. The number of hydrogen-bond acceptors (Lipinski definition) is 5. The topological polar surface area (TPSA) is 127 Å². The summed E-state index contributed by atoms with van der Waals surface area (Å²) in [5.74, 6) is -1.29. The molecule has 0 spiro atoms. The number of nitro benzene ring substituents is 1. The molecule has 122 valence electrons. The predicted octanol–water partition coefficient (Wildman–Crippen LogP) is 1.74. The fourth-order valence-electron chi connectivity index (χ4n) is 1.97. The van der Waals surface area contributed by atoms with E-state index in [2.05, 4.69) is 4.72 Å². The van der Waals surface area contributed by atoms with Crippen molar-refractivity contribution in [2.45, 2.75) is 44.6 Å². The van der Waals surface area contributed by atoms with Gasteiger partial charge in [0.25, 0.3) is 5.69 Å². The van der Waals surface area contributed by atoms with Crippen molar-refractivity contribution in [3.8, 4) is 0 Å². The second kappa shape index (κ2) is 6.84. The molecule has 22 heavy (non-hydrogen) atoms. The van der Waals surface area contributed by atoms with E-state index < -0.39 is 27.0 Å². The zero-order chi connectivity index (χ0) is 17.1. The van der Waals surface area contributed by atoms with Gasteiger partial charge in [0.2, 0.25) is 10.0 Å². The van der Waals surface area contributed by atoms with Gasteiger partial charge < -0.3 is 5.11 Å². The van der Waals surface area contributed by atoms with E-state index in [0.29, 0.717) is 17.5 Å². The van der Waals surface area contributed by atoms with Crippen molar-refractivity contribution in [2.75, 3.05) is 0 Å². The number of hydrogen-bond donors (Lipinski definition) is 2. The number of nitrogens with one attached hydrogen (secondary N) is 1. The highest BCUT2D eigenvalue weighted by Crippen LogP contribution is 2.25. The molecule has 0 bridgehead atoms. The summed E-state index contributed by atoms with van der Waals surface area (Å²) >= 11 is 0. The van der Waals surface area contributed by atoms with Crippen LogP contribution < -0.4 is 4.72 Å². The maximum atomic E-state index is 12.4. The zero-order valence-electron chi connectivity index (χ0n) is 12.5. The van der Waals surface area contributed by atoms with Gasteiger partial charge in [-0.2, -0.15) is 4.72 Å². The van der Waals surface area contributed by atoms with Crippen molar-refractivity contribution in [3.63, 3.8) is 0 Å². The monoisotopic (exact) mass is 330 g/mol. The Morgan fingerprint density at radius 1 is 1.41 bits per heavy atom. The second-order valence-corrected chi connectivity index (χ2v) is 6.63. The fourth-order valence-corrected chi connectivity index (χ4v) is 3.53. The first-order valence-electron chi connectivity index (χ1n) is 6.61. The Bertz CT molecular complexity index is 699. The SMILES string of the molecule is CCCC(NS(=O)(=O)c1cc([N+](=O)[O-])cc(C)c1C)C(=O)O. The zero-order valence-corrected chi connectivity index (χ0v) is 13.3. The lowest BCUT2D eigenvalue weighted by Crippen LogP contribution is -2.40. The smallest absolute Gasteiger partial charge is 0.321 e. The summed E-state index contributed by atoms with van der Waals surface area (Å²) in [6.07, 6.45) is 0.605. The van der Waals surface area contributed by atoms with Crippen LogP contribution in [0.4, 0.5) is 5.69 Å². The molecule has 0 radical (unpaired) electrons. The molecule has 1 aromatic carbocycles. The maximum Gasteiger partial charge on any atom is 0.321 e. The first kappa shape index (κ1) is 18.1. The van der Waals surface area contributed by atoms with Crippen LogP contribution in [0.2, 0.25) is 0 Å². The van der Waals surface area contributed by atoms with E-state index in [1.165, 1.54) is 13.0 Å². The van der Waals surface area contributed by atoms with Gasteiger partial charge in [0.15, 0.2) is 0 Å². The third kappa shape index (κ3) is 4.01. The summed E-state index contributed by atoms with van der Waals surface area (Å²) in [5.41, 5.74) is 0.432. The number of benzene rings is 1. The van der Waals surface area contributed by atoms with E-state index in [4.69, 9.17) is 5.11 Å². The molecule has 1 rings (SSSR count). The highest BCUT2D eigenvalue weighted by atomic mass is 32.2. The van der Waals surface area contributed by atoms with Crippen LogP contribution in [0.5, 0.6) is 0 Å². The highest BCUT2D eigenvalue weighted by molar-refractivity contribution is 7.89. The van der Waals surface area contributed by atoms with Gasteiger partial charge in [-0.05, 0) is 31.4 Å². The van der Waals surface area contributed by atoms with Gasteiger partial charge >= 0.3 is 5.97 Å². The first-order valence-corrected chi connectivity index (χ1v) is 8.09. The third-order valence-corrected chi connectivity index (χ3v) is 4.88. The molecule has 0 saturated heterocycles. The Kier molecular flexibility index (Phi) is 5.61. The number of rotatable bonds is 7. The van der Waals surface area contributed by atoms with Gasteiger partial charge in [-0.1, -0.05) is 13.3 Å². The molecule has 1 aromatic rings. The Labute approximate surface area is 128 Å². The van der Waals surface area contributed by atoms with Crippen molar-refractivity contribution < 1.29 is 23.2 Å². The number of carboxylic acid groups (broad SMARTS) is 1. The van der Waals surface area contributed by atoms with Crippen LogP contribution in [0.1, 0.15) is 30.9 Å². The quantitative estimate of drug-likeness (QED) is 0.579. The van der Waals surface area contributed by atoms with Crippen LogP contribution in [-0.4, -0.2) is 30.5 Å². The molecule has 0 heterocycles. The van der Waals surface area contributed by atoms with Crippen molar-refractivity contribution in [1.29, 1.82) is 0 Å². The number of carbonyl (C=O) groups is 1. The molecular formula is C13H18N2O6S. The normalized spacial score (nSPS) is 12.9. The lowest BCUT2D eigenvalue weighted by molar-refractivity contribution is -0.385. The van der Waals surface area contributed by atoms with Crippen LogP contribution >= 0.6 is 0 Å². The average molecular weight is 330 g/mol. The van der Waals surface area contributed by atoms with E-state index in [9.17, 15) is 23.3 Å². The first-order chi connectivity index (χ1) is 10.1. The maximum absolute atomic E-state index is 12.4. The van der Waals surface area contributed by atoms with E-state index in [1.54, 1.807) is 13.8 Å². The summed E-state index contributed by atoms with van der Waals surface area (Å²) in [4.78, 5) is 21.0. The molecule has 0 saturated carbocycles. The van der Waals surface area contributed by atoms with Gasteiger partial charge in [0, 0.05) is 12.1 Å². The van der Waals surface area contributed by atoms with Crippen LogP contribution in [0.3, 0.4) is 0 Å². The number of nitrogens with zero attached hydrogens (tertiary/aromatic N) is 1. The largest absolute Gasteiger partial charge is 0.480 e. The molecule has 0 aliphatic heterocycles. The number of carboxylic acids is 1. The van der Waals surface area contributed by atoms with Crippen LogP contribution in [-0.2, 0) is 14.8 Å². The predicted molar refractivity (Wildman–Crippen MR) is 79.2 cm³/mol. The fraction of sp³-hybridized carbons (Fsp3) is 0.462. The standard InChI is InChI=1S/C13H18N2O6S/c1-4-5-11(13(16)17)14-22(20,21)12-7-10(15(18)19)6-8(2)9(12)3/h6-7,11,14H,4-5H2,1-3H3,(H,16,17). The minimum atomic E-state index is -4.17. The number of aliphatic carboxylic acids is 1. The summed E-state index contributed by atoms with van der Waals surface area (Å²) in [7, 11) is -4.17. The van der Waals surface area contributed by atoms with E-state index in [0.717, 1.165) is 6.07 Å². The molecule has 0 aliphatic rings. The van der Waals surface area contributed by atoms with Crippen molar-refractivity contribution in [1.82, 2.24) is 4.72 Å². The van der Waals surface area contributed by atoms with Crippen LogP contribution in [0.15, 0.2) is 17.0 Å². The average Bonchev–Trinajstić information content (AvgIpc) is 2.40. The van der Waals surface area contributed by atoms with Crippen LogP contribution in [0.25, 0.3) is 0 Å². The van der Waals surface area contributed by atoms with Crippen LogP contribution in [0, 0.1) is 24.0 Å². The molecule has 8 nitrogen and oxygen atoms in total. The van der Waals surface area contributed by atoms with E-state index >= 15 is 0 Å². The highest BCUT2D eigenvalue weighted by Gasteiger charge is 2.28. The van der Waals surface area contributed by atoms with E-state index in [-0.39, 0.29) is 17.0 Å². The number of non-ortho nitro benzene ring substituents is 1. The number of sulfonamides is 1. The van der Waals surface area contributed by atoms with Gasteiger partial charge in [0.1, 0.15) is 6.04 Å². The van der Waals surface area contributed by atoms with Gasteiger partial charge in [-0.25, -0.2) is 8.42 Å². The molecule has 0 amide bonds. The summed E-state index contributed by atoms with van der Waals surface area (Å²) in [6.45, 7) is 4.80. The lowest BCUT2D eigenvalue weighted by atomic mass is 10.1. The van der Waals surface area contributed by atoms with Crippen molar-refractivity contribution in [3.05, 3.63) is 33.4 Å². The molecule has 2 N–H and O–H groups in total. The number of aryl methyl sites for hydroxylation is 1. The molecular weight excluding hydrogens is 312 g/mol. The summed E-state index contributed by atoms with van der Waals surface area (Å²) < 4.78 is 26.8. The lowest BCUT2D eigenvalue weighted by Gasteiger charge is -2.16. The molecule has 1 atom stereocenters. The Hall–Kier alpha value is -2.00. The number of nitro groups is 1. The molecule has 0 aliphatic carbocycles. The van der Waals surface area contributed by atoms with Crippen molar-refractivity contribution >= 4 is 21.7 Å². The molecule has 1 unspecified atom stereocenters. The molecule has 9 heteroatoms.